The SMILES string of the molecule is C=CCN(Cc1cccs1)C(=O)CCNC(=O)c1ccc(F)cc1F. The molecule has 0 unspecified atom stereocenters. The van der Waals surface area contributed by atoms with Gasteiger partial charge >= 0.3 is 0 Å². The van der Waals surface area contributed by atoms with Crippen molar-refractivity contribution in [3.8, 4) is 0 Å². The topological polar surface area (TPSA) is 49.4 Å². The lowest BCUT2D eigenvalue weighted by Crippen LogP contribution is -2.34. The molecular weight excluding hydrogens is 346 g/mol. The summed E-state index contributed by atoms with van der Waals surface area (Å²) in [6, 6.07) is 6.58. The van der Waals surface area contributed by atoms with E-state index in [-0.39, 0.29) is 24.4 Å². The van der Waals surface area contributed by atoms with E-state index in [0.29, 0.717) is 19.2 Å². The maximum atomic E-state index is 13.5. The van der Waals surface area contributed by atoms with Crippen LogP contribution in [0.1, 0.15) is 21.7 Å². The Bertz CT molecular complexity index is 748. The van der Waals surface area contributed by atoms with Crippen LogP contribution in [0, 0.1) is 11.6 Å². The van der Waals surface area contributed by atoms with Gasteiger partial charge in [0.1, 0.15) is 11.6 Å². The first-order chi connectivity index (χ1) is 12.0. The highest BCUT2D eigenvalue weighted by atomic mass is 32.1. The van der Waals surface area contributed by atoms with Crippen molar-refractivity contribution >= 4 is 23.2 Å². The lowest BCUT2D eigenvalue weighted by atomic mass is 10.2. The molecule has 0 saturated carbocycles. The molecule has 0 saturated heterocycles. The fourth-order valence-electron chi connectivity index (χ4n) is 2.21. The summed E-state index contributed by atoms with van der Waals surface area (Å²) in [5, 5.41) is 4.41. The number of halogens is 2. The van der Waals surface area contributed by atoms with E-state index >= 15 is 0 Å². The summed E-state index contributed by atoms with van der Waals surface area (Å²) in [5.41, 5.74) is -0.254. The molecule has 4 nitrogen and oxygen atoms in total. The van der Waals surface area contributed by atoms with Gasteiger partial charge in [-0.1, -0.05) is 12.1 Å². The smallest absolute Gasteiger partial charge is 0.254 e. The summed E-state index contributed by atoms with van der Waals surface area (Å²) < 4.78 is 26.4. The van der Waals surface area contributed by atoms with Gasteiger partial charge in [0.2, 0.25) is 5.91 Å². The van der Waals surface area contributed by atoms with Gasteiger partial charge in [-0.3, -0.25) is 9.59 Å². The predicted octanol–water partition coefficient (Wildman–Crippen LogP) is 3.36. The fourth-order valence-corrected chi connectivity index (χ4v) is 2.93. The van der Waals surface area contributed by atoms with Gasteiger partial charge in [0.15, 0.2) is 0 Å². The van der Waals surface area contributed by atoms with E-state index in [0.717, 1.165) is 17.0 Å². The zero-order chi connectivity index (χ0) is 18.2. The molecule has 2 rings (SSSR count). The molecule has 7 heteroatoms. The number of hydrogen-bond donors (Lipinski definition) is 1. The van der Waals surface area contributed by atoms with E-state index in [1.54, 1.807) is 22.3 Å². The quantitative estimate of drug-likeness (QED) is 0.730. The third-order valence-electron chi connectivity index (χ3n) is 3.43. The summed E-state index contributed by atoms with van der Waals surface area (Å²) in [6.07, 6.45) is 1.71. The number of benzene rings is 1. The molecular formula is C18H18F2N2O2S. The highest BCUT2D eigenvalue weighted by molar-refractivity contribution is 7.09. The molecule has 1 heterocycles. The number of thiophene rings is 1. The van der Waals surface area contributed by atoms with Crippen molar-refractivity contribution in [3.63, 3.8) is 0 Å². The highest BCUT2D eigenvalue weighted by Crippen LogP contribution is 2.13. The van der Waals surface area contributed by atoms with Crippen molar-refractivity contribution in [2.75, 3.05) is 13.1 Å². The van der Waals surface area contributed by atoms with E-state index in [2.05, 4.69) is 11.9 Å². The van der Waals surface area contributed by atoms with Crippen molar-refractivity contribution < 1.29 is 18.4 Å². The van der Waals surface area contributed by atoms with E-state index in [4.69, 9.17) is 0 Å². The van der Waals surface area contributed by atoms with Crippen LogP contribution in [0.4, 0.5) is 8.78 Å². The molecule has 132 valence electrons. The van der Waals surface area contributed by atoms with Crippen LogP contribution in [-0.4, -0.2) is 29.8 Å². The molecule has 0 atom stereocenters. The normalized spacial score (nSPS) is 10.3. The second kappa shape index (κ2) is 9.08. The Balaban J connectivity index is 1.87. The molecule has 0 aliphatic rings. The van der Waals surface area contributed by atoms with Gasteiger partial charge < -0.3 is 10.2 Å². The molecule has 1 aromatic carbocycles. The maximum absolute atomic E-state index is 13.5. The minimum Gasteiger partial charge on any atom is -0.351 e. The van der Waals surface area contributed by atoms with E-state index in [9.17, 15) is 18.4 Å². The minimum atomic E-state index is -0.935. The third-order valence-corrected chi connectivity index (χ3v) is 4.29. The summed E-state index contributed by atoms with van der Waals surface area (Å²) in [6.45, 7) is 4.58. The lowest BCUT2D eigenvalue weighted by molar-refractivity contribution is -0.131. The van der Waals surface area contributed by atoms with E-state index < -0.39 is 17.5 Å². The predicted molar refractivity (Wildman–Crippen MR) is 93.2 cm³/mol. The minimum absolute atomic E-state index is 0.0621. The largest absolute Gasteiger partial charge is 0.351 e. The molecule has 0 bridgehead atoms. The Morgan fingerprint density at radius 2 is 2.08 bits per heavy atom. The molecule has 0 radical (unpaired) electrons. The zero-order valence-corrected chi connectivity index (χ0v) is 14.3. The summed E-state index contributed by atoms with van der Waals surface area (Å²) >= 11 is 1.55. The Hall–Kier alpha value is -2.54. The van der Waals surface area contributed by atoms with Gasteiger partial charge in [-0.25, -0.2) is 8.78 Å². The van der Waals surface area contributed by atoms with Gasteiger partial charge in [0, 0.05) is 30.5 Å². The number of nitrogens with one attached hydrogen (secondary N) is 1. The van der Waals surface area contributed by atoms with Gasteiger partial charge in [-0.15, -0.1) is 17.9 Å². The molecule has 0 aliphatic heterocycles. The average Bonchev–Trinajstić information content (AvgIpc) is 3.07. The van der Waals surface area contributed by atoms with Crippen molar-refractivity contribution in [1.82, 2.24) is 10.2 Å². The molecule has 1 N–H and O–H groups in total. The van der Waals surface area contributed by atoms with E-state index in [1.807, 2.05) is 17.5 Å². The average molecular weight is 364 g/mol. The number of carbonyl (C=O) groups is 2. The van der Waals surface area contributed by atoms with Gasteiger partial charge in [0.25, 0.3) is 5.91 Å². The molecule has 2 amide bonds. The van der Waals surface area contributed by atoms with Crippen molar-refractivity contribution in [1.29, 1.82) is 0 Å². The maximum Gasteiger partial charge on any atom is 0.254 e. The van der Waals surface area contributed by atoms with Crippen molar-refractivity contribution in [3.05, 3.63) is 70.4 Å². The summed E-state index contributed by atoms with van der Waals surface area (Å²) in [7, 11) is 0. The second-order valence-electron chi connectivity index (χ2n) is 5.27. The van der Waals surface area contributed by atoms with Crippen LogP contribution in [0.15, 0.2) is 48.4 Å². The van der Waals surface area contributed by atoms with Crippen molar-refractivity contribution in [2.24, 2.45) is 0 Å². The Morgan fingerprint density at radius 3 is 2.72 bits per heavy atom. The first kappa shape index (κ1) is 18.8. The highest BCUT2D eigenvalue weighted by Gasteiger charge is 2.15. The second-order valence-corrected chi connectivity index (χ2v) is 6.30. The molecule has 2 aromatic rings. The number of rotatable bonds is 8. The van der Waals surface area contributed by atoms with Crippen LogP contribution in [0.25, 0.3) is 0 Å². The Kier molecular flexibility index (Phi) is 6.82. The summed E-state index contributed by atoms with van der Waals surface area (Å²) in [4.78, 5) is 26.9. The lowest BCUT2D eigenvalue weighted by Gasteiger charge is -2.20. The molecule has 0 aliphatic carbocycles. The van der Waals surface area contributed by atoms with Crippen LogP contribution in [0.2, 0.25) is 0 Å². The first-order valence-electron chi connectivity index (χ1n) is 7.65. The standard InChI is InChI=1S/C18H18F2N2O2S/c1-2-9-22(12-14-4-3-10-25-14)17(23)7-8-21-18(24)15-6-5-13(19)11-16(15)20/h2-6,10-11H,1,7-9,12H2,(H,21,24). The van der Waals surface area contributed by atoms with Crippen LogP contribution in [0.3, 0.4) is 0 Å². The Labute approximate surface area is 148 Å². The number of amides is 2. The zero-order valence-electron chi connectivity index (χ0n) is 13.5. The van der Waals surface area contributed by atoms with E-state index in [1.165, 1.54) is 0 Å². The van der Waals surface area contributed by atoms with Crippen LogP contribution >= 0.6 is 11.3 Å². The Morgan fingerprint density at radius 1 is 1.28 bits per heavy atom. The van der Waals surface area contributed by atoms with Gasteiger partial charge in [-0.05, 0) is 23.6 Å². The first-order valence-corrected chi connectivity index (χ1v) is 8.53. The molecule has 1 aromatic heterocycles. The number of hydrogen-bond acceptors (Lipinski definition) is 3. The number of nitrogens with zero attached hydrogens (tertiary/aromatic N) is 1. The molecule has 25 heavy (non-hydrogen) atoms. The monoisotopic (exact) mass is 364 g/mol. The van der Waals surface area contributed by atoms with Crippen LogP contribution < -0.4 is 5.32 Å². The molecule has 0 spiro atoms. The fraction of sp³-hybridized carbons (Fsp3) is 0.222. The van der Waals surface area contributed by atoms with Crippen LogP contribution in [-0.2, 0) is 11.3 Å². The third kappa shape index (κ3) is 5.49. The molecule has 0 fully saturated rings. The van der Waals surface area contributed by atoms with Crippen molar-refractivity contribution in [2.45, 2.75) is 13.0 Å². The van der Waals surface area contributed by atoms with Gasteiger partial charge in [0.05, 0.1) is 12.1 Å². The van der Waals surface area contributed by atoms with Crippen LogP contribution in [0.5, 0.6) is 0 Å². The number of carbonyl (C=O) groups excluding carboxylic acids is 2. The van der Waals surface area contributed by atoms with Gasteiger partial charge in [-0.2, -0.15) is 0 Å². The summed E-state index contributed by atoms with van der Waals surface area (Å²) in [5.74, 6) is -2.51.